The van der Waals surface area contributed by atoms with Gasteiger partial charge in [-0.15, -0.1) is 0 Å². The van der Waals surface area contributed by atoms with E-state index in [1.54, 1.807) is 48.5 Å². The summed E-state index contributed by atoms with van der Waals surface area (Å²) in [7, 11) is 0. The molecule has 1 heterocycles. The van der Waals surface area contributed by atoms with Crippen LogP contribution in [-0.2, 0) is 4.79 Å². The Morgan fingerprint density at radius 1 is 1.03 bits per heavy atom. The highest BCUT2D eigenvalue weighted by molar-refractivity contribution is 6.30. The third-order valence-corrected chi connectivity index (χ3v) is 6.39. The minimum absolute atomic E-state index is 0.0139. The van der Waals surface area contributed by atoms with Gasteiger partial charge < -0.3 is 19.9 Å². The number of hydrogen-bond donors (Lipinski definition) is 2. The highest BCUT2D eigenvalue weighted by atomic mass is 35.5. The molecule has 2 fully saturated rings. The molecule has 2 aliphatic rings. The Balaban J connectivity index is 1.16. The number of nitrogens with zero attached hydrogens (tertiary/aromatic N) is 1. The number of amides is 1. The van der Waals surface area contributed by atoms with Gasteiger partial charge in [0.25, 0.3) is 5.91 Å². The van der Waals surface area contributed by atoms with Gasteiger partial charge in [0.1, 0.15) is 24.2 Å². The minimum atomic E-state index is -0.573. The Morgan fingerprint density at radius 2 is 1.65 bits per heavy atom. The normalized spacial score (nSPS) is 23.5. The van der Waals surface area contributed by atoms with Crippen LogP contribution in [0.4, 0.5) is 0 Å². The zero-order valence-corrected chi connectivity index (χ0v) is 18.6. The van der Waals surface area contributed by atoms with Crippen molar-refractivity contribution in [3.8, 4) is 11.5 Å². The number of nitrogens with one attached hydrogen (secondary N) is 1. The fraction of sp³-hybridized carbons (Fsp3) is 0.435. The monoisotopic (exact) mass is 464 g/mol. The zero-order valence-electron chi connectivity index (χ0n) is 17.0. The van der Waals surface area contributed by atoms with Crippen molar-refractivity contribution in [3.05, 3.63) is 58.6 Å². The summed E-state index contributed by atoms with van der Waals surface area (Å²) in [6.07, 6.45) is 1.35. The molecule has 1 aliphatic heterocycles. The maximum absolute atomic E-state index is 12.3. The lowest BCUT2D eigenvalue weighted by atomic mass is 10.0. The lowest BCUT2D eigenvalue weighted by Crippen LogP contribution is -2.49. The molecule has 2 aromatic rings. The summed E-state index contributed by atoms with van der Waals surface area (Å²) in [5.41, 5.74) is 0. The fourth-order valence-corrected chi connectivity index (χ4v) is 4.67. The standard InChI is InChI=1S/C23H26Cl2N2O4/c24-16-1-5-20(6-2-16)30-13-19(28)12-27-11-15-9-18(27)10-22(15)26-23(29)14-31-21-7-3-17(25)4-8-21/h1-8,15,18-19,22,28H,9-14H2,(H,26,29)/t15?,18?,19?,22-/m0/s1. The number of rotatable bonds is 9. The van der Waals surface area contributed by atoms with Gasteiger partial charge in [-0.2, -0.15) is 0 Å². The maximum atomic E-state index is 12.3. The summed E-state index contributed by atoms with van der Waals surface area (Å²) in [4.78, 5) is 14.6. The number of β-amino-alcohol motifs (C(OH)–C–C–N with tert-alkyl or cyclic N) is 1. The van der Waals surface area contributed by atoms with Crippen LogP contribution in [0.5, 0.6) is 11.5 Å². The first-order valence-electron chi connectivity index (χ1n) is 10.4. The Labute approximate surface area is 192 Å². The second kappa shape index (κ2) is 10.1. The molecule has 0 spiro atoms. The second-order valence-electron chi connectivity index (χ2n) is 8.17. The number of carbonyl (C=O) groups excluding carboxylic acids is 1. The van der Waals surface area contributed by atoms with Gasteiger partial charge in [0, 0.05) is 35.2 Å². The number of aliphatic hydroxyl groups excluding tert-OH is 1. The molecule has 6 nitrogen and oxygen atoms in total. The van der Waals surface area contributed by atoms with Crippen LogP contribution in [0, 0.1) is 5.92 Å². The van der Waals surface area contributed by atoms with Gasteiger partial charge in [0.2, 0.25) is 0 Å². The van der Waals surface area contributed by atoms with Crippen LogP contribution < -0.4 is 14.8 Å². The number of fused-ring (bicyclic) bond motifs is 2. The Kier molecular flexibility index (Phi) is 7.23. The van der Waals surface area contributed by atoms with Crippen molar-refractivity contribution in [1.82, 2.24) is 10.2 Å². The maximum Gasteiger partial charge on any atom is 0.258 e. The summed E-state index contributed by atoms with van der Waals surface area (Å²) < 4.78 is 11.2. The largest absolute Gasteiger partial charge is 0.491 e. The Bertz CT molecular complexity index is 878. The van der Waals surface area contributed by atoms with E-state index >= 15 is 0 Å². The molecule has 2 bridgehead atoms. The van der Waals surface area contributed by atoms with Gasteiger partial charge in [-0.25, -0.2) is 0 Å². The topological polar surface area (TPSA) is 71.0 Å². The van der Waals surface area contributed by atoms with Crippen molar-refractivity contribution >= 4 is 29.1 Å². The van der Waals surface area contributed by atoms with E-state index in [1.165, 1.54) is 0 Å². The van der Waals surface area contributed by atoms with Crippen LogP contribution in [0.25, 0.3) is 0 Å². The van der Waals surface area contributed by atoms with Crippen molar-refractivity contribution < 1.29 is 19.4 Å². The number of likely N-dealkylation sites (tertiary alicyclic amines) is 1. The molecule has 4 rings (SSSR count). The summed E-state index contributed by atoms with van der Waals surface area (Å²) >= 11 is 11.7. The van der Waals surface area contributed by atoms with E-state index in [-0.39, 0.29) is 25.2 Å². The average molecular weight is 465 g/mol. The van der Waals surface area contributed by atoms with Gasteiger partial charge in [-0.1, -0.05) is 23.2 Å². The number of benzene rings is 2. The number of piperidine rings is 1. The Morgan fingerprint density at radius 3 is 2.23 bits per heavy atom. The average Bonchev–Trinajstić information content (AvgIpc) is 3.33. The highest BCUT2D eigenvalue weighted by Crippen LogP contribution is 2.37. The molecule has 3 unspecified atom stereocenters. The number of halogens is 2. The SMILES string of the molecule is O=C(COc1ccc(Cl)cc1)N[C@H]1CC2CC1CN2CC(O)COc1ccc(Cl)cc1. The van der Waals surface area contributed by atoms with Crippen LogP contribution in [0.15, 0.2) is 48.5 Å². The van der Waals surface area contributed by atoms with Gasteiger partial charge in [-0.05, 0) is 67.3 Å². The third-order valence-electron chi connectivity index (χ3n) is 5.89. The molecule has 2 N–H and O–H groups in total. The second-order valence-corrected chi connectivity index (χ2v) is 9.05. The van der Waals surface area contributed by atoms with Crippen LogP contribution in [-0.4, -0.2) is 60.4 Å². The summed E-state index contributed by atoms with van der Waals surface area (Å²) in [5.74, 6) is 1.59. The molecular formula is C23H26Cl2N2O4. The van der Waals surface area contributed by atoms with E-state index < -0.39 is 6.10 Å². The lowest BCUT2D eigenvalue weighted by Gasteiger charge is -2.33. The molecule has 31 heavy (non-hydrogen) atoms. The summed E-state index contributed by atoms with van der Waals surface area (Å²) in [5, 5.41) is 14.8. The minimum Gasteiger partial charge on any atom is -0.491 e. The number of hydrogen-bond acceptors (Lipinski definition) is 5. The van der Waals surface area contributed by atoms with Gasteiger partial charge in [0.15, 0.2) is 6.61 Å². The molecular weight excluding hydrogens is 439 g/mol. The number of aliphatic hydroxyl groups is 1. The number of ether oxygens (including phenoxy) is 2. The first kappa shape index (κ1) is 22.2. The van der Waals surface area contributed by atoms with E-state index in [9.17, 15) is 9.90 Å². The summed E-state index contributed by atoms with van der Waals surface area (Å²) in [6, 6.07) is 14.6. The molecule has 1 saturated carbocycles. The van der Waals surface area contributed by atoms with Crippen LogP contribution in [0.1, 0.15) is 12.8 Å². The van der Waals surface area contributed by atoms with Gasteiger partial charge in [0.05, 0.1) is 0 Å². The fourth-order valence-electron chi connectivity index (χ4n) is 4.42. The van der Waals surface area contributed by atoms with Gasteiger partial charge >= 0.3 is 0 Å². The molecule has 1 saturated heterocycles. The van der Waals surface area contributed by atoms with Crippen LogP contribution >= 0.6 is 23.2 Å². The molecule has 4 atom stereocenters. The molecule has 1 aliphatic carbocycles. The summed E-state index contributed by atoms with van der Waals surface area (Å²) in [6.45, 7) is 1.65. The smallest absolute Gasteiger partial charge is 0.258 e. The Hall–Kier alpha value is -1.99. The number of carbonyl (C=O) groups is 1. The molecule has 0 aromatic heterocycles. The van der Waals surface area contributed by atoms with Crippen molar-refractivity contribution in [1.29, 1.82) is 0 Å². The van der Waals surface area contributed by atoms with Crippen molar-refractivity contribution in [3.63, 3.8) is 0 Å². The van der Waals surface area contributed by atoms with E-state index in [1.807, 2.05) is 0 Å². The van der Waals surface area contributed by atoms with Crippen LogP contribution in [0.2, 0.25) is 10.0 Å². The van der Waals surface area contributed by atoms with E-state index in [0.29, 0.717) is 40.0 Å². The third kappa shape index (κ3) is 6.04. The first-order valence-corrected chi connectivity index (χ1v) is 11.2. The molecule has 1 amide bonds. The van der Waals surface area contributed by atoms with E-state index in [0.717, 1.165) is 19.4 Å². The van der Waals surface area contributed by atoms with E-state index in [2.05, 4.69) is 10.2 Å². The molecule has 8 heteroatoms. The van der Waals surface area contributed by atoms with Crippen LogP contribution in [0.3, 0.4) is 0 Å². The zero-order chi connectivity index (χ0) is 21.8. The van der Waals surface area contributed by atoms with E-state index in [4.69, 9.17) is 32.7 Å². The predicted octanol–water partition coefficient (Wildman–Crippen LogP) is 3.39. The van der Waals surface area contributed by atoms with Crippen molar-refractivity contribution in [2.75, 3.05) is 26.3 Å². The quantitative estimate of drug-likeness (QED) is 0.594. The molecule has 2 aromatic carbocycles. The first-order chi connectivity index (χ1) is 15.0. The highest BCUT2D eigenvalue weighted by Gasteiger charge is 2.45. The predicted molar refractivity (Wildman–Crippen MR) is 120 cm³/mol. The lowest BCUT2D eigenvalue weighted by molar-refractivity contribution is -0.124. The van der Waals surface area contributed by atoms with Crippen molar-refractivity contribution in [2.45, 2.75) is 31.0 Å². The molecule has 166 valence electrons. The van der Waals surface area contributed by atoms with Gasteiger partial charge in [-0.3, -0.25) is 9.69 Å². The van der Waals surface area contributed by atoms with Crippen molar-refractivity contribution in [2.24, 2.45) is 5.92 Å². The molecule has 0 radical (unpaired) electrons.